The van der Waals surface area contributed by atoms with Crippen molar-refractivity contribution in [1.29, 1.82) is 0 Å². The van der Waals surface area contributed by atoms with Gasteiger partial charge in [-0.15, -0.1) is 0 Å². The molecule has 2 heterocycles. The molecule has 0 N–H and O–H groups in total. The van der Waals surface area contributed by atoms with E-state index in [2.05, 4.69) is 4.90 Å². The molecule has 0 atom stereocenters. The molecule has 0 saturated carbocycles. The molecular weight excluding hydrogens is 332 g/mol. The number of rotatable bonds is 2. The summed E-state index contributed by atoms with van der Waals surface area (Å²) in [4.78, 5) is 28.8. The first kappa shape index (κ1) is 16.8. The van der Waals surface area contributed by atoms with E-state index in [0.29, 0.717) is 31.2 Å². The van der Waals surface area contributed by atoms with Crippen molar-refractivity contribution in [2.24, 2.45) is 0 Å². The van der Waals surface area contributed by atoms with Gasteiger partial charge in [0.05, 0.1) is 15.6 Å². The van der Waals surface area contributed by atoms with E-state index >= 15 is 0 Å². The Labute approximate surface area is 145 Å². The van der Waals surface area contributed by atoms with E-state index in [1.807, 2.05) is 9.80 Å². The number of anilines is 1. The molecule has 0 bridgehead atoms. The van der Waals surface area contributed by atoms with Crippen LogP contribution in [0.3, 0.4) is 0 Å². The maximum Gasteiger partial charge on any atom is 0.320 e. The molecule has 1 aromatic rings. The highest BCUT2D eigenvalue weighted by Crippen LogP contribution is 2.30. The standard InChI is InChI=1S/C16H21ClN4O3/c17-14-12-13(21(23)24)4-5-15(14)18-8-10-20(11-9-18)16(22)19-6-2-1-3-7-19/h4-5,12H,1-3,6-11H2. The van der Waals surface area contributed by atoms with Crippen molar-refractivity contribution in [3.63, 3.8) is 0 Å². The SMILES string of the molecule is O=C(N1CCCCC1)N1CCN(c2ccc([N+](=O)[O-])cc2Cl)CC1. The summed E-state index contributed by atoms with van der Waals surface area (Å²) >= 11 is 6.19. The van der Waals surface area contributed by atoms with Crippen LogP contribution in [0.15, 0.2) is 18.2 Å². The number of benzene rings is 1. The summed E-state index contributed by atoms with van der Waals surface area (Å²) in [6, 6.07) is 4.65. The Morgan fingerprint density at radius 3 is 2.21 bits per heavy atom. The third-order valence-electron chi connectivity index (χ3n) is 4.66. The fourth-order valence-corrected chi connectivity index (χ4v) is 3.58. The summed E-state index contributed by atoms with van der Waals surface area (Å²) in [6.07, 6.45) is 3.38. The predicted molar refractivity (Wildman–Crippen MR) is 92.7 cm³/mol. The number of carbonyl (C=O) groups excluding carboxylic acids is 1. The number of hydrogen-bond acceptors (Lipinski definition) is 4. The van der Waals surface area contributed by atoms with Crippen LogP contribution in [0.2, 0.25) is 5.02 Å². The molecular formula is C16H21ClN4O3. The zero-order chi connectivity index (χ0) is 17.1. The van der Waals surface area contributed by atoms with Crippen LogP contribution >= 0.6 is 11.6 Å². The largest absolute Gasteiger partial charge is 0.367 e. The molecule has 7 nitrogen and oxygen atoms in total. The molecule has 0 unspecified atom stereocenters. The summed E-state index contributed by atoms with van der Waals surface area (Å²) in [5, 5.41) is 11.2. The number of piperazine rings is 1. The van der Waals surface area contributed by atoms with Crippen LogP contribution in [-0.4, -0.2) is 60.0 Å². The van der Waals surface area contributed by atoms with E-state index in [-0.39, 0.29) is 11.7 Å². The quantitative estimate of drug-likeness (QED) is 0.606. The molecule has 0 aromatic heterocycles. The first-order valence-corrected chi connectivity index (χ1v) is 8.67. The van der Waals surface area contributed by atoms with Gasteiger partial charge in [-0.3, -0.25) is 10.1 Å². The van der Waals surface area contributed by atoms with Gasteiger partial charge < -0.3 is 14.7 Å². The van der Waals surface area contributed by atoms with Gasteiger partial charge in [0.1, 0.15) is 0 Å². The van der Waals surface area contributed by atoms with Gasteiger partial charge in [0.25, 0.3) is 5.69 Å². The monoisotopic (exact) mass is 352 g/mol. The van der Waals surface area contributed by atoms with Gasteiger partial charge in [0.2, 0.25) is 0 Å². The van der Waals surface area contributed by atoms with Crippen LogP contribution in [0, 0.1) is 10.1 Å². The fraction of sp³-hybridized carbons (Fsp3) is 0.562. The average molecular weight is 353 g/mol. The van der Waals surface area contributed by atoms with Crippen molar-refractivity contribution in [2.45, 2.75) is 19.3 Å². The predicted octanol–water partition coefficient (Wildman–Crippen LogP) is 2.98. The van der Waals surface area contributed by atoms with Gasteiger partial charge in [0, 0.05) is 51.4 Å². The van der Waals surface area contributed by atoms with Crippen LogP contribution in [0.5, 0.6) is 0 Å². The Balaban J connectivity index is 1.60. The highest BCUT2D eigenvalue weighted by Gasteiger charge is 2.27. The number of likely N-dealkylation sites (tertiary alicyclic amines) is 1. The maximum absolute atomic E-state index is 12.5. The van der Waals surface area contributed by atoms with Gasteiger partial charge in [-0.1, -0.05) is 11.6 Å². The lowest BCUT2D eigenvalue weighted by Crippen LogP contribution is -2.53. The lowest BCUT2D eigenvalue weighted by Gasteiger charge is -2.39. The lowest BCUT2D eigenvalue weighted by atomic mass is 10.1. The van der Waals surface area contributed by atoms with E-state index < -0.39 is 4.92 Å². The van der Waals surface area contributed by atoms with Crippen molar-refractivity contribution >= 4 is 29.0 Å². The number of nitro benzene ring substituents is 1. The Hall–Kier alpha value is -2.02. The lowest BCUT2D eigenvalue weighted by molar-refractivity contribution is -0.384. The van der Waals surface area contributed by atoms with Gasteiger partial charge in [-0.25, -0.2) is 4.79 Å². The molecule has 24 heavy (non-hydrogen) atoms. The van der Waals surface area contributed by atoms with Gasteiger partial charge in [0.15, 0.2) is 0 Å². The van der Waals surface area contributed by atoms with Crippen LogP contribution in [0.25, 0.3) is 0 Å². The van der Waals surface area contributed by atoms with E-state index in [4.69, 9.17) is 11.6 Å². The number of hydrogen-bond donors (Lipinski definition) is 0. The minimum Gasteiger partial charge on any atom is -0.367 e. The minimum absolute atomic E-state index is 0.0114. The first-order valence-electron chi connectivity index (χ1n) is 8.29. The summed E-state index contributed by atoms with van der Waals surface area (Å²) in [5.41, 5.74) is 0.773. The zero-order valence-electron chi connectivity index (χ0n) is 13.5. The summed E-state index contributed by atoms with van der Waals surface area (Å²) in [6.45, 7) is 4.35. The Kier molecular flexibility index (Phi) is 5.08. The molecule has 0 radical (unpaired) electrons. The first-order chi connectivity index (χ1) is 11.6. The highest BCUT2D eigenvalue weighted by molar-refractivity contribution is 6.33. The molecule has 0 spiro atoms. The van der Waals surface area contributed by atoms with E-state index in [9.17, 15) is 14.9 Å². The average Bonchev–Trinajstić information content (AvgIpc) is 2.62. The third-order valence-corrected chi connectivity index (χ3v) is 4.96. The number of nitrogens with zero attached hydrogens (tertiary/aromatic N) is 4. The molecule has 0 aliphatic carbocycles. The number of piperidine rings is 1. The molecule has 2 saturated heterocycles. The van der Waals surface area contributed by atoms with E-state index in [1.165, 1.54) is 18.6 Å². The number of urea groups is 1. The molecule has 3 rings (SSSR count). The van der Waals surface area contributed by atoms with Gasteiger partial charge in [-0.2, -0.15) is 0 Å². The summed E-state index contributed by atoms with van der Waals surface area (Å²) < 4.78 is 0. The highest BCUT2D eigenvalue weighted by atomic mass is 35.5. The van der Waals surface area contributed by atoms with Crippen molar-refractivity contribution in [2.75, 3.05) is 44.2 Å². The molecule has 2 aliphatic heterocycles. The molecule has 8 heteroatoms. The van der Waals surface area contributed by atoms with Crippen LogP contribution in [0.4, 0.5) is 16.2 Å². The Morgan fingerprint density at radius 2 is 1.62 bits per heavy atom. The third kappa shape index (κ3) is 3.56. The molecule has 1 aromatic carbocycles. The second-order valence-corrected chi connectivity index (χ2v) is 6.60. The number of amides is 2. The number of non-ortho nitro benzene ring substituents is 1. The van der Waals surface area contributed by atoms with Gasteiger partial charge in [-0.05, 0) is 25.3 Å². The van der Waals surface area contributed by atoms with E-state index in [1.54, 1.807) is 6.07 Å². The number of halogens is 1. The molecule has 130 valence electrons. The zero-order valence-corrected chi connectivity index (χ0v) is 14.2. The van der Waals surface area contributed by atoms with Crippen LogP contribution < -0.4 is 4.90 Å². The number of nitro groups is 1. The molecule has 2 aliphatic rings. The Morgan fingerprint density at radius 1 is 1.00 bits per heavy atom. The van der Waals surface area contributed by atoms with Crippen molar-refractivity contribution in [3.8, 4) is 0 Å². The smallest absolute Gasteiger partial charge is 0.320 e. The minimum atomic E-state index is -0.453. The summed E-state index contributed by atoms with van der Waals surface area (Å²) in [7, 11) is 0. The summed E-state index contributed by atoms with van der Waals surface area (Å²) in [5.74, 6) is 0. The van der Waals surface area contributed by atoms with Crippen LogP contribution in [0.1, 0.15) is 19.3 Å². The topological polar surface area (TPSA) is 69.9 Å². The second-order valence-electron chi connectivity index (χ2n) is 6.20. The number of carbonyl (C=O) groups is 1. The van der Waals surface area contributed by atoms with Gasteiger partial charge >= 0.3 is 6.03 Å². The van der Waals surface area contributed by atoms with E-state index in [0.717, 1.165) is 31.6 Å². The van der Waals surface area contributed by atoms with Crippen molar-refractivity contribution < 1.29 is 9.72 Å². The fourth-order valence-electron chi connectivity index (χ4n) is 3.29. The Bertz CT molecular complexity index is 626. The second kappa shape index (κ2) is 7.25. The van der Waals surface area contributed by atoms with Crippen molar-refractivity contribution in [1.82, 2.24) is 9.80 Å². The maximum atomic E-state index is 12.5. The van der Waals surface area contributed by atoms with Crippen molar-refractivity contribution in [3.05, 3.63) is 33.3 Å². The molecule has 2 fully saturated rings. The molecule has 2 amide bonds. The normalized spacial score (nSPS) is 18.6. The van der Waals surface area contributed by atoms with Crippen LogP contribution in [-0.2, 0) is 0 Å².